The molecule has 1 atom stereocenters. The molecular weight excluding hydrogens is 174 g/mol. The molecule has 84 valence electrons. The Bertz CT molecular complexity index is 162. The second-order valence-corrected chi connectivity index (χ2v) is 5.11. The van der Waals surface area contributed by atoms with Gasteiger partial charge in [-0.3, -0.25) is 0 Å². The molecule has 0 aromatic carbocycles. The smallest absolute Gasteiger partial charge is 0.0637 e. The van der Waals surface area contributed by atoms with Crippen molar-refractivity contribution in [3.8, 4) is 0 Å². The van der Waals surface area contributed by atoms with Gasteiger partial charge in [-0.05, 0) is 46.1 Å². The Morgan fingerprint density at radius 1 is 1.36 bits per heavy atom. The number of hydrogen-bond acceptors (Lipinski definition) is 2. The van der Waals surface area contributed by atoms with Crippen LogP contribution in [0.1, 0.15) is 46.0 Å². The second kappa shape index (κ2) is 5.13. The van der Waals surface area contributed by atoms with Gasteiger partial charge in [0.15, 0.2) is 0 Å². The predicted molar refractivity (Wildman–Crippen MR) is 60.5 cm³/mol. The third-order valence-corrected chi connectivity index (χ3v) is 3.60. The molecule has 0 aliphatic heterocycles. The van der Waals surface area contributed by atoms with Gasteiger partial charge in [-0.2, -0.15) is 0 Å². The molecule has 0 amide bonds. The molecule has 14 heavy (non-hydrogen) atoms. The van der Waals surface area contributed by atoms with Gasteiger partial charge in [0.25, 0.3) is 0 Å². The SMILES string of the molecule is CNC(CC(C)(C)OC)C1CCCC1. The van der Waals surface area contributed by atoms with E-state index in [1.807, 2.05) is 0 Å². The summed E-state index contributed by atoms with van der Waals surface area (Å²) in [7, 11) is 3.89. The minimum Gasteiger partial charge on any atom is -0.379 e. The normalized spacial score (nSPS) is 21.4. The molecular formula is C12H25NO. The molecule has 1 saturated carbocycles. The van der Waals surface area contributed by atoms with Crippen LogP contribution in [0.3, 0.4) is 0 Å². The first-order chi connectivity index (χ1) is 6.59. The Morgan fingerprint density at radius 2 is 1.93 bits per heavy atom. The van der Waals surface area contributed by atoms with Gasteiger partial charge in [-0.15, -0.1) is 0 Å². The second-order valence-electron chi connectivity index (χ2n) is 5.11. The molecule has 0 aromatic heterocycles. The summed E-state index contributed by atoms with van der Waals surface area (Å²) in [5.74, 6) is 0.870. The van der Waals surface area contributed by atoms with Gasteiger partial charge in [0, 0.05) is 13.2 Å². The zero-order valence-electron chi connectivity index (χ0n) is 10.1. The van der Waals surface area contributed by atoms with Gasteiger partial charge >= 0.3 is 0 Å². The molecule has 0 heterocycles. The van der Waals surface area contributed by atoms with Gasteiger partial charge in [0.1, 0.15) is 0 Å². The first kappa shape index (κ1) is 12.0. The van der Waals surface area contributed by atoms with E-state index in [1.165, 1.54) is 25.7 Å². The molecule has 1 fully saturated rings. The first-order valence-corrected chi connectivity index (χ1v) is 5.81. The molecule has 0 spiro atoms. The lowest BCUT2D eigenvalue weighted by Gasteiger charge is -2.31. The molecule has 1 N–H and O–H groups in total. The van der Waals surface area contributed by atoms with Crippen molar-refractivity contribution in [1.29, 1.82) is 0 Å². The number of hydrogen-bond donors (Lipinski definition) is 1. The van der Waals surface area contributed by atoms with Crippen molar-refractivity contribution >= 4 is 0 Å². The largest absolute Gasteiger partial charge is 0.379 e. The lowest BCUT2D eigenvalue weighted by molar-refractivity contribution is 0.00246. The third-order valence-electron chi connectivity index (χ3n) is 3.60. The fourth-order valence-electron chi connectivity index (χ4n) is 2.48. The molecule has 0 aromatic rings. The van der Waals surface area contributed by atoms with E-state index in [1.54, 1.807) is 7.11 Å². The van der Waals surface area contributed by atoms with Crippen LogP contribution in [0.15, 0.2) is 0 Å². The topological polar surface area (TPSA) is 21.3 Å². The van der Waals surface area contributed by atoms with Crippen molar-refractivity contribution in [2.24, 2.45) is 5.92 Å². The van der Waals surface area contributed by atoms with E-state index in [2.05, 4.69) is 26.2 Å². The average Bonchev–Trinajstić information content (AvgIpc) is 2.67. The summed E-state index contributed by atoms with van der Waals surface area (Å²) < 4.78 is 5.49. The number of methoxy groups -OCH3 is 1. The number of rotatable bonds is 5. The van der Waals surface area contributed by atoms with E-state index in [0.29, 0.717) is 6.04 Å². The average molecular weight is 199 g/mol. The minimum absolute atomic E-state index is 0.0102. The molecule has 2 nitrogen and oxygen atoms in total. The van der Waals surface area contributed by atoms with E-state index < -0.39 is 0 Å². The monoisotopic (exact) mass is 199 g/mol. The fraction of sp³-hybridized carbons (Fsp3) is 1.00. The van der Waals surface area contributed by atoms with Crippen LogP contribution in [-0.2, 0) is 4.74 Å². The van der Waals surface area contributed by atoms with Crippen molar-refractivity contribution in [2.75, 3.05) is 14.2 Å². The maximum absolute atomic E-state index is 5.49. The molecule has 1 rings (SSSR count). The van der Waals surface area contributed by atoms with Gasteiger partial charge in [0.2, 0.25) is 0 Å². The third kappa shape index (κ3) is 3.25. The molecule has 0 radical (unpaired) electrons. The van der Waals surface area contributed by atoms with Crippen molar-refractivity contribution < 1.29 is 4.74 Å². The Balaban J connectivity index is 2.45. The lowest BCUT2D eigenvalue weighted by Crippen LogP contribution is -2.40. The highest BCUT2D eigenvalue weighted by Gasteiger charge is 2.29. The number of nitrogens with one attached hydrogen (secondary N) is 1. The number of ether oxygens (including phenoxy) is 1. The molecule has 1 unspecified atom stereocenters. The van der Waals surface area contributed by atoms with Crippen LogP contribution in [0.4, 0.5) is 0 Å². The van der Waals surface area contributed by atoms with Crippen LogP contribution in [0.2, 0.25) is 0 Å². The summed E-state index contributed by atoms with van der Waals surface area (Å²) in [5, 5.41) is 3.45. The standard InChI is InChI=1S/C12H25NO/c1-12(2,14-4)9-11(13-3)10-7-5-6-8-10/h10-11,13H,5-9H2,1-4H3. The van der Waals surface area contributed by atoms with E-state index in [-0.39, 0.29) is 5.60 Å². The van der Waals surface area contributed by atoms with E-state index in [9.17, 15) is 0 Å². The molecule has 0 bridgehead atoms. The van der Waals surface area contributed by atoms with Crippen molar-refractivity contribution in [1.82, 2.24) is 5.32 Å². The summed E-state index contributed by atoms with van der Waals surface area (Å²) in [6, 6.07) is 0.632. The van der Waals surface area contributed by atoms with Gasteiger partial charge in [-0.1, -0.05) is 12.8 Å². The minimum atomic E-state index is 0.0102. The van der Waals surface area contributed by atoms with Crippen LogP contribution in [-0.4, -0.2) is 25.8 Å². The lowest BCUT2D eigenvalue weighted by atomic mass is 9.88. The quantitative estimate of drug-likeness (QED) is 0.735. The highest BCUT2D eigenvalue weighted by Crippen LogP contribution is 2.31. The predicted octanol–water partition coefficient (Wildman–Crippen LogP) is 2.58. The van der Waals surface area contributed by atoms with Crippen LogP contribution in [0, 0.1) is 5.92 Å². The maximum Gasteiger partial charge on any atom is 0.0637 e. The van der Waals surface area contributed by atoms with Crippen LogP contribution in [0.25, 0.3) is 0 Å². The van der Waals surface area contributed by atoms with Crippen molar-refractivity contribution in [3.05, 3.63) is 0 Å². The zero-order valence-corrected chi connectivity index (χ0v) is 10.1. The highest BCUT2D eigenvalue weighted by molar-refractivity contribution is 4.85. The zero-order chi connectivity index (χ0) is 10.6. The van der Waals surface area contributed by atoms with Crippen LogP contribution >= 0.6 is 0 Å². The molecule has 1 aliphatic carbocycles. The van der Waals surface area contributed by atoms with Crippen LogP contribution in [0.5, 0.6) is 0 Å². The summed E-state index contributed by atoms with van der Waals surface area (Å²) in [6.07, 6.45) is 6.73. The Labute approximate surface area is 88.4 Å². The Morgan fingerprint density at radius 3 is 2.36 bits per heavy atom. The summed E-state index contributed by atoms with van der Waals surface area (Å²) in [6.45, 7) is 4.35. The molecule has 1 aliphatic rings. The maximum atomic E-state index is 5.49. The fourth-order valence-corrected chi connectivity index (χ4v) is 2.48. The van der Waals surface area contributed by atoms with E-state index in [0.717, 1.165) is 12.3 Å². The van der Waals surface area contributed by atoms with E-state index in [4.69, 9.17) is 4.74 Å². The van der Waals surface area contributed by atoms with Gasteiger partial charge < -0.3 is 10.1 Å². The summed E-state index contributed by atoms with van der Waals surface area (Å²) >= 11 is 0. The molecule has 0 saturated heterocycles. The Hall–Kier alpha value is -0.0800. The molecule has 2 heteroatoms. The van der Waals surface area contributed by atoms with Crippen LogP contribution < -0.4 is 5.32 Å². The summed E-state index contributed by atoms with van der Waals surface area (Å²) in [5.41, 5.74) is 0.0102. The van der Waals surface area contributed by atoms with Gasteiger partial charge in [0.05, 0.1) is 5.60 Å². The first-order valence-electron chi connectivity index (χ1n) is 5.81. The van der Waals surface area contributed by atoms with Gasteiger partial charge in [-0.25, -0.2) is 0 Å². The van der Waals surface area contributed by atoms with Crippen molar-refractivity contribution in [2.45, 2.75) is 57.6 Å². The highest BCUT2D eigenvalue weighted by atomic mass is 16.5. The van der Waals surface area contributed by atoms with E-state index >= 15 is 0 Å². The van der Waals surface area contributed by atoms with Crippen molar-refractivity contribution in [3.63, 3.8) is 0 Å². The Kier molecular flexibility index (Phi) is 4.39. The summed E-state index contributed by atoms with van der Waals surface area (Å²) in [4.78, 5) is 0.